The van der Waals surface area contributed by atoms with E-state index in [9.17, 15) is 4.79 Å². The summed E-state index contributed by atoms with van der Waals surface area (Å²) in [7, 11) is 5.09. The van der Waals surface area contributed by atoms with Gasteiger partial charge in [0.25, 0.3) is 5.91 Å². The van der Waals surface area contributed by atoms with Crippen LogP contribution < -0.4 is 14.9 Å². The molecule has 8 heteroatoms. The summed E-state index contributed by atoms with van der Waals surface area (Å²) < 4.78 is 8.38. The highest BCUT2D eigenvalue weighted by molar-refractivity contribution is 6.00. The number of pyridine rings is 2. The minimum atomic E-state index is -0.187. The van der Waals surface area contributed by atoms with Gasteiger partial charge in [0.2, 0.25) is 12.4 Å². The Bertz CT molecular complexity index is 1220. The lowest BCUT2D eigenvalue weighted by Gasteiger charge is -2.08. The van der Waals surface area contributed by atoms with Crippen molar-refractivity contribution in [2.75, 3.05) is 27.4 Å². The maximum Gasteiger partial charge on any atom is 0.252 e. The predicted molar refractivity (Wildman–Crippen MR) is 116 cm³/mol. The van der Waals surface area contributed by atoms with Crippen LogP contribution in [0, 0.1) is 0 Å². The highest BCUT2D eigenvalue weighted by atomic mass is 16.6. The number of rotatable bonds is 7. The second kappa shape index (κ2) is 8.93. The van der Waals surface area contributed by atoms with Crippen molar-refractivity contribution in [1.29, 1.82) is 0 Å². The van der Waals surface area contributed by atoms with Gasteiger partial charge in [-0.3, -0.25) is 14.3 Å². The lowest BCUT2D eigenvalue weighted by Crippen LogP contribution is -2.40. The van der Waals surface area contributed by atoms with E-state index in [1.54, 1.807) is 36.0 Å². The van der Waals surface area contributed by atoms with Crippen LogP contribution in [0.2, 0.25) is 0 Å². The molecule has 158 valence electrons. The second-order valence-electron chi connectivity index (χ2n) is 7.10. The third kappa shape index (κ3) is 4.39. The van der Waals surface area contributed by atoms with E-state index in [-0.39, 0.29) is 5.91 Å². The number of fused-ring (bicyclic) bond motifs is 1. The van der Waals surface area contributed by atoms with Crippen LogP contribution in [0.3, 0.4) is 0 Å². The molecule has 0 saturated heterocycles. The molecule has 31 heavy (non-hydrogen) atoms. The number of nitrogens with one attached hydrogen (secondary N) is 1. The monoisotopic (exact) mass is 418 g/mol. The van der Waals surface area contributed by atoms with Crippen molar-refractivity contribution in [2.45, 2.75) is 0 Å². The summed E-state index contributed by atoms with van der Waals surface area (Å²) in [5, 5.41) is 7.93. The standard InChI is InChI=1S/C23H23N5O3/c1-27-13-19(12-26-27)16-4-6-17(7-5-16)21-14-28(31-3)15-22-20(21)10-18(11-25-22)23(29)24-8-9-30-2/h4-7,10-15H,8-9H2,1-3H3/p+1. The zero-order chi connectivity index (χ0) is 21.8. The number of benzene rings is 1. The van der Waals surface area contributed by atoms with Crippen molar-refractivity contribution in [1.82, 2.24) is 20.1 Å². The summed E-state index contributed by atoms with van der Waals surface area (Å²) in [6, 6.07) is 10.0. The molecule has 0 aliphatic rings. The molecule has 0 unspecified atom stereocenters. The van der Waals surface area contributed by atoms with E-state index >= 15 is 0 Å². The average Bonchev–Trinajstić information content (AvgIpc) is 3.24. The number of hydrogen-bond donors (Lipinski definition) is 1. The molecule has 3 heterocycles. The zero-order valence-corrected chi connectivity index (χ0v) is 17.7. The Morgan fingerprint density at radius 3 is 2.55 bits per heavy atom. The molecule has 4 aromatic rings. The first kappa shape index (κ1) is 20.5. The topological polar surface area (TPSA) is 82.2 Å². The van der Waals surface area contributed by atoms with Gasteiger partial charge in [0.05, 0.1) is 23.9 Å². The van der Waals surface area contributed by atoms with Crippen LogP contribution >= 0.6 is 0 Å². The van der Waals surface area contributed by atoms with Crippen LogP contribution in [0.15, 0.2) is 61.3 Å². The van der Waals surface area contributed by atoms with Gasteiger partial charge in [-0.25, -0.2) is 4.98 Å². The van der Waals surface area contributed by atoms with Crippen LogP contribution in [0.1, 0.15) is 10.4 Å². The van der Waals surface area contributed by atoms with Gasteiger partial charge in [-0.05, 0) is 17.2 Å². The summed E-state index contributed by atoms with van der Waals surface area (Å²) in [5.74, 6) is -0.187. The summed E-state index contributed by atoms with van der Waals surface area (Å²) >= 11 is 0. The number of amides is 1. The van der Waals surface area contributed by atoms with E-state index in [1.165, 1.54) is 0 Å². The fraction of sp³-hybridized carbons (Fsp3) is 0.217. The van der Waals surface area contributed by atoms with E-state index in [4.69, 9.17) is 9.57 Å². The van der Waals surface area contributed by atoms with Crippen LogP contribution in [-0.2, 0) is 11.8 Å². The first-order chi connectivity index (χ1) is 15.1. The Labute approximate surface area is 180 Å². The fourth-order valence-corrected chi connectivity index (χ4v) is 3.39. The number of methoxy groups -OCH3 is 1. The smallest absolute Gasteiger partial charge is 0.252 e. The van der Waals surface area contributed by atoms with Gasteiger partial charge in [0, 0.05) is 48.8 Å². The van der Waals surface area contributed by atoms with Crippen molar-refractivity contribution in [3.05, 3.63) is 66.9 Å². The molecule has 1 amide bonds. The number of hydrogen-bond acceptors (Lipinski definition) is 5. The average molecular weight is 418 g/mol. The Morgan fingerprint density at radius 1 is 1.10 bits per heavy atom. The van der Waals surface area contributed by atoms with Crippen molar-refractivity contribution >= 4 is 16.8 Å². The molecule has 0 radical (unpaired) electrons. The highest BCUT2D eigenvalue weighted by Gasteiger charge is 2.17. The van der Waals surface area contributed by atoms with Crippen molar-refractivity contribution in [2.24, 2.45) is 7.05 Å². The molecule has 1 aromatic carbocycles. The van der Waals surface area contributed by atoms with Gasteiger partial charge < -0.3 is 10.1 Å². The number of nitrogens with zero attached hydrogens (tertiary/aromatic N) is 4. The number of carbonyl (C=O) groups excluding carboxylic acids is 1. The maximum absolute atomic E-state index is 12.5. The van der Waals surface area contributed by atoms with Crippen molar-refractivity contribution < 1.29 is 19.1 Å². The molecular weight excluding hydrogens is 394 g/mol. The molecule has 3 aromatic heterocycles. The predicted octanol–water partition coefficient (Wildman–Crippen LogP) is 2.02. The summed E-state index contributed by atoms with van der Waals surface area (Å²) in [4.78, 5) is 22.4. The number of aryl methyl sites for hydroxylation is 1. The third-order valence-corrected chi connectivity index (χ3v) is 5.01. The van der Waals surface area contributed by atoms with Gasteiger partial charge in [-0.1, -0.05) is 24.3 Å². The lowest BCUT2D eigenvalue weighted by atomic mass is 9.99. The first-order valence-electron chi connectivity index (χ1n) is 9.85. The minimum absolute atomic E-state index is 0.187. The van der Waals surface area contributed by atoms with E-state index in [1.807, 2.05) is 43.8 Å². The van der Waals surface area contributed by atoms with Crippen molar-refractivity contribution in [3.8, 4) is 22.3 Å². The van der Waals surface area contributed by atoms with Crippen LogP contribution in [-0.4, -0.2) is 48.0 Å². The Balaban J connectivity index is 1.74. The van der Waals surface area contributed by atoms with E-state index < -0.39 is 0 Å². The maximum atomic E-state index is 12.5. The Hall–Kier alpha value is -3.78. The van der Waals surface area contributed by atoms with Gasteiger partial charge in [-0.2, -0.15) is 5.10 Å². The minimum Gasteiger partial charge on any atom is -0.383 e. The number of carbonyl (C=O) groups is 1. The molecule has 0 atom stereocenters. The molecular formula is C23H24N5O3+. The molecule has 0 bridgehead atoms. The molecule has 1 N–H and O–H groups in total. The Kier molecular flexibility index (Phi) is 5.90. The van der Waals surface area contributed by atoms with Gasteiger partial charge >= 0.3 is 0 Å². The van der Waals surface area contributed by atoms with Crippen molar-refractivity contribution in [3.63, 3.8) is 0 Å². The van der Waals surface area contributed by atoms with Gasteiger partial charge in [0.15, 0.2) is 0 Å². The van der Waals surface area contributed by atoms with Gasteiger partial charge in [-0.15, -0.1) is 0 Å². The molecule has 0 fully saturated rings. The molecule has 0 spiro atoms. The molecule has 0 saturated carbocycles. The normalized spacial score (nSPS) is 10.9. The number of aromatic nitrogens is 4. The summed E-state index contributed by atoms with van der Waals surface area (Å²) in [5.41, 5.74) is 5.25. The highest BCUT2D eigenvalue weighted by Crippen LogP contribution is 2.29. The zero-order valence-electron chi connectivity index (χ0n) is 17.7. The Morgan fingerprint density at radius 2 is 1.87 bits per heavy atom. The van der Waals surface area contributed by atoms with Crippen LogP contribution in [0.4, 0.5) is 0 Å². The van der Waals surface area contributed by atoms with Gasteiger partial charge in [0.1, 0.15) is 12.6 Å². The molecule has 8 nitrogen and oxygen atoms in total. The largest absolute Gasteiger partial charge is 0.383 e. The van der Waals surface area contributed by atoms with E-state index in [2.05, 4.69) is 27.5 Å². The summed E-state index contributed by atoms with van der Waals surface area (Å²) in [6.45, 7) is 0.892. The lowest BCUT2D eigenvalue weighted by molar-refractivity contribution is -0.884. The summed E-state index contributed by atoms with van der Waals surface area (Å²) in [6.07, 6.45) is 9.05. The van der Waals surface area contributed by atoms with E-state index in [0.29, 0.717) is 18.7 Å². The first-order valence-corrected chi connectivity index (χ1v) is 9.85. The van der Waals surface area contributed by atoms with Crippen LogP contribution in [0.25, 0.3) is 33.2 Å². The molecule has 0 aliphatic heterocycles. The quantitative estimate of drug-likeness (QED) is 0.367. The molecule has 4 rings (SSSR count). The number of ether oxygens (including phenoxy) is 1. The second-order valence-corrected chi connectivity index (χ2v) is 7.10. The molecule has 0 aliphatic carbocycles. The van der Waals surface area contributed by atoms with Crippen LogP contribution in [0.5, 0.6) is 0 Å². The van der Waals surface area contributed by atoms with E-state index in [0.717, 1.165) is 33.2 Å². The SMILES string of the molecule is COCCNC(=O)c1cnc2c[n+](OC)cc(-c3ccc(-c4cnn(C)c4)cc3)c2c1. The fourth-order valence-electron chi connectivity index (χ4n) is 3.39. The third-order valence-electron chi connectivity index (χ3n) is 5.01.